The van der Waals surface area contributed by atoms with E-state index >= 15 is 0 Å². The van der Waals surface area contributed by atoms with Crippen LogP contribution < -0.4 is 4.72 Å². The van der Waals surface area contributed by atoms with Crippen LogP contribution in [0.15, 0.2) is 30.3 Å². The Morgan fingerprint density at radius 2 is 2.00 bits per heavy atom. The second kappa shape index (κ2) is 7.22. The summed E-state index contributed by atoms with van der Waals surface area (Å²) in [5.74, 6) is -1.58. The molecule has 1 aromatic carbocycles. The first-order valence-electron chi connectivity index (χ1n) is 5.80. The van der Waals surface area contributed by atoms with E-state index in [0.29, 0.717) is 5.56 Å². The molecule has 7 heteroatoms. The third kappa shape index (κ3) is 5.37. The average Bonchev–Trinajstić information content (AvgIpc) is 2.36. The van der Waals surface area contributed by atoms with Gasteiger partial charge in [-0.2, -0.15) is 0 Å². The molecule has 0 aliphatic heterocycles. The van der Waals surface area contributed by atoms with Crippen molar-refractivity contribution in [3.63, 3.8) is 0 Å². The molecule has 1 aromatic rings. The molecule has 0 saturated heterocycles. The molecule has 0 bridgehead atoms. The molecule has 0 aliphatic rings. The molecule has 0 fully saturated rings. The van der Waals surface area contributed by atoms with Gasteiger partial charge >= 0.3 is 5.97 Å². The molecule has 1 atom stereocenters. The summed E-state index contributed by atoms with van der Waals surface area (Å²) in [4.78, 5) is 11.2. The molecular weight excluding hydrogens is 270 g/mol. The minimum Gasteiger partial charge on any atom is -0.465 e. The second-order valence-corrected chi connectivity index (χ2v) is 5.58. The summed E-state index contributed by atoms with van der Waals surface area (Å²) in [6.45, 7) is 1.32. The van der Waals surface area contributed by atoms with E-state index < -0.39 is 34.4 Å². The summed E-state index contributed by atoms with van der Waals surface area (Å²) in [5.41, 5.74) is 0.623. The lowest BCUT2D eigenvalue weighted by atomic mass is 10.1. The van der Waals surface area contributed by atoms with Crippen LogP contribution in [0.3, 0.4) is 0 Å². The lowest BCUT2D eigenvalue weighted by Gasteiger charge is -2.16. The highest BCUT2D eigenvalue weighted by Gasteiger charge is 2.22. The normalized spacial score (nSPS) is 12.9. The van der Waals surface area contributed by atoms with Crippen molar-refractivity contribution in [2.45, 2.75) is 13.0 Å². The van der Waals surface area contributed by atoms with Gasteiger partial charge < -0.3 is 9.84 Å². The Morgan fingerprint density at radius 1 is 1.37 bits per heavy atom. The molecule has 1 rings (SSSR count). The minimum atomic E-state index is -3.85. The number of aliphatic hydroxyl groups is 1. The lowest BCUT2D eigenvalue weighted by molar-refractivity contribution is -0.139. The number of benzene rings is 1. The standard InChI is InChI=1S/C12H17NO5S/c1-2-18-12(15)9-19(16,17)13-11(8-14)10-6-4-3-5-7-10/h3-7,11,13-14H,2,8-9H2,1H3/t11-/m1/s1. The highest BCUT2D eigenvalue weighted by Crippen LogP contribution is 2.12. The van der Waals surface area contributed by atoms with Crippen molar-refractivity contribution in [2.24, 2.45) is 0 Å². The fourth-order valence-corrected chi connectivity index (χ4v) is 2.63. The molecule has 0 amide bonds. The smallest absolute Gasteiger partial charge is 0.322 e. The first-order valence-corrected chi connectivity index (χ1v) is 7.45. The maximum Gasteiger partial charge on any atom is 0.322 e. The summed E-state index contributed by atoms with van der Waals surface area (Å²) in [7, 11) is -3.85. The zero-order valence-corrected chi connectivity index (χ0v) is 11.4. The van der Waals surface area contributed by atoms with E-state index in [-0.39, 0.29) is 6.61 Å². The Hall–Kier alpha value is -1.44. The van der Waals surface area contributed by atoms with Crippen molar-refractivity contribution >= 4 is 16.0 Å². The first kappa shape index (κ1) is 15.6. The minimum absolute atomic E-state index is 0.121. The van der Waals surface area contributed by atoms with Gasteiger partial charge in [0.25, 0.3) is 0 Å². The Balaban J connectivity index is 2.73. The fraction of sp³-hybridized carbons (Fsp3) is 0.417. The summed E-state index contributed by atoms with van der Waals surface area (Å²) in [6.07, 6.45) is 0. The number of hydrogen-bond acceptors (Lipinski definition) is 5. The van der Waals surface area contributed by atoms with E-state index in [4.69, 9.17) is 0 Å². The SMILES string of the molecule is CCOC(=O)CS(=O)(=O)N[C@H](CO)c1ccccc1. The average molecular weight is 287 g/mol. The zero-order chi connectivity index (χ0) is 14.3. The van der Waals surface area contributed by atoms with Gasteiger partial charge in [0, 0.05) is 0 Å². The lowest BCUT2D eigenvalue weighted by Crippen LogP contribution is -2.35. The van der Waals surface area contributed by atoms with Gasteiger partial charge in [-0.3, -0.25) is 4.79 Å². The Kier molecular flexibility index (Phi) is 5.94. The Bertz CT molecular complexity index is 500. The Labute approximate surface area is 112 Å². The molecule has 0 saturated carbocycles. The van der Waals surface area contributed by atoms with Crippen LogP contribution in [-0.2, 0) is 19.6 Å². The maximum absolute atomic E-state index is 11.7. The predicted octanol–water partition coefficient (Wildman–Crippen LogP) is 0.203. The number of ether oxygens (including phenoxy) is 1. The number of esters is 1. The third-order valence-corrected chi connectivity index (χ3v) is 3.58. The van der Waals surface area contributed by atoms with Crippen molar-refractivity contribution in [1.29, 1.82) is 0 Å². The van der Waals surface area contributed by atoms with Gasteiger partial charge in [0.15, 0.2) is 5.75 Å². The van der Waals surface area contributed by atoms with Crippen LogP contribution in [0.2, 0.25) is 0 Å². The van der Waals surface area contributed by atoms with Crippen LogP contribution in [0.1, 0.15) is 18.5 Å². The monoisotopic (exact) mass is 287 g/mol. The van der Waals surface area contributed by atoms with E-state index in [9.17, 15) is 18.3 Å². The number of rotatable bonds is 7. The van der Waals surface area contributed by atoms with E-state index in [1.165, 1.54) is 0 Å². The molecule has 6 nitrogen and oxygen atoms in total. The van der Waals surface area contributed by atoms with Gasteiger partial charge in [-0.25, -0.2) is 13.1 Å². The molecule has 0 aromatic heterocycles. The van der Waals surface area contributed by atoms with Crippen LogP contribution in [-0.4, -0.2) is 38.5 Å². The molecule has 106 valence electrons. The molecule has 0 heterocycles. The fourth-order valence-electron chi connectivity index (χ4n) is 1.51. The number of nitrogens with one attached hydrogen (secondary N) is 1. The topological polar surface area (TPSA) is 92.7 Å². The summed E-state index contributed by atoms with van der Waals surface area (Å²) in [6, 6.07) is 7.85. The summed E-state index contributed by atoms with van der Waals surface area (Å²) < 4.78 is 30.3. The zero-order valence-electron chi connectivity index (χ0n) is 10.6. The highest BCUT2D eigenvalue weighted by atomic mass is 32.2. The number of sulfonamides is 1. The van der Waals surface area contributed by atoms with Crippen LogP contribution in [0.4, 0.5) is 0 Å². The molecule has 0 spiro atoms. The number of carbonyl (C=O) groups excluding carboxylic acids is 1. The summed E-state index contributed by atoms with van der Waals surface area (Å²) >= 11 is 0. The van der Waals surface area contributed by atoms with Gasteiger partial charge in [0.2, 0.25) is 10.0 Å². The molecule has 2 N–H and O–H groups in total. The first-order chi connectivity index (χ1) is 8.98. The van der Waals surface area contributed by atoms with E-state index in [1.807, 2.05) is 0 Å². The van der Waals surface area contributed by atoms with Gasteiger partial charge in [-0.1, -0.05) is 30.3 Å². The molecule has 0 aliphatic carbocycles. The van der Waals surface area contributed by atoms with Crippen LogP contribution in [0.25, 0.3) is 0 Å². The van der Waals surface area contributed by atoms with E-state index in [1.54, 1.807) is 37.3 Å². The second-order valence-electron chi connectivity index (χ2n) is 3.83. The maximum atomic E-state index is 11.7. The van der Waals surface area contributed by atoms with Crippen molar-refractivity contribution in [2.75, 3.05) is 19.0 Å². The third-order valence-electron chi connectivity index (χ3n) is 2.32. The van der Waals surface area contributed by atoms with Crippen molar-refractivity contribution in [1.82, 2.24) is 4.72 Å². The number of carbonyl (C=O) groups is 1. The quantitative estimate of drug-likeness (QED) is 0.699. The molecular formula is C12H17NO5S. The van der Waals surface area contributed by atoms with E-state index in [0.717, 1.165) is 0 Å². The largest absolute Gasteiger partial charge is 0.465 e. The van der Waals surface area contributed by atoms with Gasteiger partial charge in [0.05, 0.1) is 19.3 Å². The molecule has 19 heavy (non-hydrogen) atoms. The van der Waals surface area contributed by atoms with Crippen molar-refractivity contribution in [3.8, 4) is 0 Å². The van der Waals surface area contributed by atoms with Crippen molar-refractivity contribution in [3.05, 3.63) is 35.9 Å². The van der Waals surface area contributed by atoms with Crippen LogP contribution >= 0.6 is 0 Å². The molecule has 0 unspecified atom stereocenters. The molecule has 0 radical (unpaired) electrons. The van der Waals surface area contributed by atoms with Crippen LogP contribution in [0.5, 0.6) is 0 Å². The van der Waals surface area contributed by atoms with Crippen LogP contribution in [0, 0.1) is 0 Å². The van der Waals surface area contributed by atoms with Gasteiger partial charge in [-0.15, -0.1) is 0 Å². The van der Waals surface area contributed by atoms with E-state index in [2.05, 4.69) is 9.46 Å². The number of hydrogen-bond donors (Lipinski definition) is 2. The van der Waals surface area contributed by atoms with Gasteiger partial charge in [0.1, 0.15) is 0 Å². The predicted molar refractivity (Wildman–Crippen MR) is 69.8 cm³/mol. The highest BCUT2D eigenvalue weighted by molar-refractivity contribution is 7.90. The van der Waals surface area contributed by atoms with Crippen molar-refractivity contribution < 1.29 is 23.1 Å². The number of aliphatic hydroxyl groups excluding tert-OH is 1. The summed E-state index contributed by atoms with van der Waals surface area (Å²) in [5, 5.41) is 9.24. The Morgan fingerprint density at radius 3 is 2.53 bits per heavy atom. The van der Waals surface area contributed by atoms with Gasteiger partial charge in [-0.05, 0) is 12.5 Å².